The number of nitrogens with zero attached hydrogens (tertiary/aromatic N) is 1. The Kier molecular flexibility index (Phi) is 9.64. The van der Waals surface area contributed by atoms with Crippen molar-refractivity contribution < 1.29 is 37.4 Å². The highest BCUT2D eigenvalue weighted by Crippen LogP contribution is 2.30. The van der Waals surface area contributed by atoms with Crippen molar-refractivity contribution in [3.63, 3.8) is 0 Å². The van der Waals surface area contributed by atoms with Crippen LogP contribution in [0.15, 0.2) is 79.0 Å². The molecule has 3 aromatic carbocycles. The number of aliphatic carboxylic acids is 1. The van der Waals surface area contributed by atoms with E-state index in [1.165, 1.54) is 36.5 Å². The van der Waals surface area contributed by atoms with Crippen molar-refractivity contribution in [1.82, 2.24) is 9.88 Å². The molecule has 0 bridgehead atoms. The third-order valence-corrected chi connectivity index (χ3v) is 5.68. The first-order chi connectivity index (χ1) is 18.5. The van der Waals surface area contributed by atoms with Gasteiger partial charge in [0.1, 0.15) is 5.75 Å². The molecule has 2 amide bonds. The van der Waals surface area contributed by atoms with E-state index in [0.717, 1.165) is 22.3 Å². The zero-order chi connectivity index (χ0) is 28.2. The molecule has 0 radical (unpaired) electrons. The molecule has 4 N–H and O–H groups in total. The highest BCUT2D eigenvalue weighted by Gasteiger charge is 2.31. The van der Waals surface area contributed by atoms with Crippen LogP contribution in [0.5, 0.6) is 5.75 Å². The number of anilines is 2. The van der Waals surface area contributed by atoms with Crippen LogP contribution >= 0.6 is 24.0 Å². The summed E-state index contributed by atoms with van der Waals surface area (Å²) in [5.41, 5.74) is 1.37. The summed E-state index contributed by atoms with van der Waals surface area (Å²) in [4.78, 5) is 37.9. The highest BCUT2D eigenvalue weighted by molar-refractivity contribution is 6.31. The second-order valence-electron chi connectivity index (χ2n) is 8.20. The standard InChI is InChI=1S/C26H20ClF3N4O5.ClH/c27-16-6-11-21-19(12-16)20(33-25(38)32-17-7-9-18(10-8-17)39-26(28,29)30)14-34(21)23(35)22(24(36)37)31-13-15-4-2-1-3-5-15;/h1-12,14,22,31H,13H2,(H,36,37)(H2,32,33,38);1H. The Morgan fingerprint density at radius 2 is 1.65 bits per heavy atom. The molecule has 40 heavy (non-hydrogen) atoms. The number of amides is 2. The number of rotatable bonds is 8. The van der Waals surface area contributed by atoms with Crippen LogP contribution in [-0.2, 0) is 11.3 Å². The van der Waals surface area contributed by atoms with Gasteiger partial charge in [0.15, 0.2) is 6.04 Å². The zero-order valence-corrected chi connectivity index (χ0v) is 21.8. The van der Waals surface area contributed by atoms with Gasteiger partial charge in [0.05, 0.1) is 11.2 Å². The Hall–Kier alpha value is -4.26. The molecule has 0 aliphatic heterocycles. The molecule has 0 saturated carbocycles. The van der Waals surface area contributed by atoms with Crippen LogP contribution in [0, 0.1) is 0 Å². The Bertz CT molecular complexity index is 1510. The number of aromatic nitrogens is 1. The quantitative estimate of drug-likeness (QED) is 0.181. The molecule has 1 heterocycles. The first-order valence-electron chi connectivity index (χ1n) is 11.3. The van der Waals surface area contributed by atoms with E-state index in [1.54, 1.807) is 24.3 Å². The van der Waals surface area contributed by atoms with Crippen LogP contribution in [0.2, 0.25) is 5.02 Å². The maximum absolute atomic E-state index is 13.3. The molecule has 1 unspecified atom stereocenters. The third-order valence-electron chi connectivity index (χ3n) is 5.44. The number of ether oxygens (including phenoxy) is 1. The number of carbonyl (C=O) groups excluding carboxylic acids is 2. The van der Waals surface area contributed by atoms with Gasteiger partial charge in [-0.15, -0.1) is 25.6 Å². The lowest BCUT2D eigenvalue weighted by Crippen LogP contribution is -2.45. The number of hydrogen-bond donors (Lipinski definition) is 4. The summed E-state index contributed by atoms with van der Waals surface area (Å²) < 4.78 is 41.9. The van der Waals surface area contributed by atoms with Crippen molar-refractivity contribution in [2.75, 3.05) is 10.6 Å². The maximum Gasteiger partial charge on any atom is 0.573 e. The molecule has 0 aliphatic carbocycles. The fourth-order valence-corrected chi connectivity index (χ4v) is 3.92. The fraction of sp³-hybridized carbons (Fsp3) is 0.115. The molecule has 1 aromatic heterocycles. The molecule has 0 fully saturated rings. The van der Waals surface area contributed by atoms with Crippen LogP contribution in [-0.4, -0.2) is 40.0 Å². The van der Waals surface area contributed by atoms with Gasteiger partial charge < -0.3 is 20.5 Å². The number of fused-ring (bicyclic) bond motifs is 1. The van der Waals surface area contributed by atoms with Gasteiger partial charge in [0.25, 0.3) is 5.91 Å². The number of carboxylic acid groups (broad SMARTS) is 1. The number of benzene rings is 3. The minimum atomic E-state index is -4.85. The van der Waals surface area contributed by atoms with Crippen LogP contribution in [0.4, 0.5) is 29.3 Å². The number of halogens is 5. The zero-order valence-electron chi connectivity index (χ0n) is 20.2. The average molecular weight is 597 g/mol. The lowest BCUT2D eigenvalue weighted by molar-refractivity contribution is -0.274. The summed E-state index contributed by atoms with van der Waals surface area (Å²) in [6.45, 7) is 0.120. The predicted octanol–water partition coefficient (Wildman–Crippen LogP) is 6.14. The summed E-state index contributed by atoms with van der Waals surface area (Å²) >= 11 is 6.12. The number of carbonyl (C=O) groups is 3. The Morgan fingerprint density at radius 3 is 2.27 bits per heavy atom. The molecule has 0 aliphatic rings. The molecule has 210 valence electrons. The van der Waals surface area contributed by atoms with Crippen molar-refractivity contribution in [1.29, 1.82) is 0 Å². The molecule has 0 spiro atoms. The minimum Gasteiger partial charge on any atom is -0.480 e. The average Bonchev–Trinajstić information content (AvgIpc) is 3.22. The Balaban J connectivity index is 0.00000441. The number of urea groups is 1. The summed E-state index contributed by atoms with van der Waals surface area (Å²) in [7, 11) is 0. The molecule has 9 nitrogen and oxygen atoms in total. The van der Waals surface area contributed by atoms with Crippen LogP contribution in [0.1, 0.15) is 10.4 Å². The Labute approximate surface area is 236 Å². The number of hydrogen-bond acceptors (Lipinski definition) is 5. The van der Waals surface area contributed by atoms with Crippen molar-refractivity contribution in [3.8, 4) is 5.75 Å². The van der Waals surface area contributed by atoms with Crippen molar-refractivity contribution in [2.45, 2.75) is 18.9 Å². The van der Waals surface area contributed by atoms with E-state index < -0.39 is 36.1 Å². The van der Waals surface area contributed by atoms with E-state index in [-0.39, 0.29) is 30.3 Å². The molecular weight excluding hydrogens is 576 g/mol. The SMILES string of the molecule is Cl.O=C(Nc1ccc(OC(F)(F)F)cc1)Nc1cn(C(=O)C(NCc2ccccc2)C(=O)O)c2ccc(Cl)cc12. The minimum absolute atomic E-state index is 0. The predicted molar refractivity (Wildman–Crippen MR) is 145 cm³/mol. The Morgan fingerprint density at radius 1 is 0.975 bits per heavy atom. The summed E-state index contributed by atoms with van der Waals surface area (Å²) in [6, 6.07) is 15.5. The number of carboxylic acids is 1. The molecule has 4 aromatic rings. The van der Waals surface area contributed by atoms with E-state index in [2.05, 4.69) is 20.7 Å². The van der Waals surface area contributed by atoms with Gasteiger partial charge in [0.2, 0.25) is 0 Å². The van der Waals surface area contributed by atoms with Gasteiger partial charge in [-0.1, -0.05) is 41.9 Å². The van der Waals surface area contributed by atoms with Crippen molar-refractivity contribution >= 4 is 64.2 Å². The van der Waals surface area contributed by atoms with E-state index in [4.69, 9.17) is 11.6 Å². The summed E-state index contributed by atoms with van der Waals surface area (Å²) in [6.07, 6.45) is -3.58. The maximum atomic E-state index is 13.3. The van der Waals surface area contributed by atoms with Crippen molar-refractivity contribution in [3.05, 3.63) is 89.6 Å². The van der Waals surface area contributed by atoms with E-state index in [0.29, 0.717) is 15.9 Å². The smallest absolute Gasteiger partial charge is 0.480 e. The van der Waals surface area contributed by atoms with Crippen molar-refractivity contribution in [2.24, 2.45) is 0 Å². The number of alkyl halides is 3. The van der Waals surface area contributed by atoms with E-state index in [9.17, 15) is 32.7 Å². The van der Waals surface area contributed by atoms with Crippen LogP contribution < -0.4 is 20.7 Å². The van der Waals surface area contributed by atoms with E-state index >= 15 is 0 Å². The van der Waals surface area contributed by atoms with Gasteiger partial charge >= 0.3 is 18.4 Å². The fourth-order valence-electron chi connectivity index (χ4n) is 3.74. The monoisotopic (exact) mass is 596 g/mol. The molecule has 4 rings (SSSR count). The normalized spacial score (nSPS) is 11.8. The summed E-state index contributed by atoms with van der Waals surface area (Å²) in [5.74, 6) is -2.66. The lowest BCUT2D eigenvalue weighted by Gasteiger charge is -2.14. The largest absolute Gasteiger partial charge is 0.573 e. The van der Waals surface area contributed by atoms with Gasteiger partial charge in [0, 0.05) is 28.8 Å². The number of nitrogens with one attached hydrogen (secondary N) is 3. The molecule has 1 atom stereocenters. The first kappa shape index (κ1) is 30.3. The second kappa shape index (κ2) is 12.7. The molecular formula is C26H21Cl2F3N4O5. The molecule has 0 saturated heterocycles. The molecule has 14 heteroatoms. The van der Waals surface area contributed by atoms with Gasteiger partial charge in [-0.3, -0.25) is 14.7 Å². The summed E-state index contributed by atoms with van der Waals surface area (Å²) in [5, 5.41) is 18.1. The second-order valence-corrected chi connectivity index (χ2v) is 8.64. The van der Waals surface area contributed by atoms with E-state index in [1.807, 2.05) is 6.07 Å². The van der Waals surface area contributed by atoms with Crippen LogP contribution in [0.3, 0.4) is 0 Å². The van der Waals surface area contributed by atoms with Crippen LogP contribution in [0.25, 0.3) is 10.9 Å². The highest BCUT2D eigenvalue weighted by atomic mass is 35.5. The van der Waals surface area contributed by atoms with Gasteiger partial charge in [-0.2, -0.15) is 0 Å². The van der Waals surface area contributed by atoms with Gasteiger partial charge in [-0.05, 0) is 48.0 Å². The first-order valence-corrected chi connectivity index (χ1v) is 11.7. The lowest BCUT2D eigenvalue weighted by atomic mass is 10.2. The topological polar surface area (TPSA) is 122 Å². The third kappa shape index (κ3) is 7.65. The van der Waals surface area contributed by atoms with Gasteiger partial charge in [-0.25, -0.2) is 9.59 Å².